The number of anilines is 1. The molecule has 0 saturated heterocycles. The highest BCUT2D eigenvalue weighted by molar-refractivity contribution is 6.30. The quantitative estimate of drug-likeness (QED) is 0.722. The standard InChI is InChI=1S/C17H13ClFN5O2/c1-8-16-11(10-3-2-9(18)6-12(10)19)7-15(26)20-17(16)24(23-8)13-4-5-14(25)22-21-13/h2-6,11H,7H2,1H3,(H,20,26)(H,22,25)/t11-/m0/s1. The molecule has 0 saturated carbocycles. The fourth-order valence-electron chi connectivity index (χ4n) is 3.22. The summed E-state index contributed by atoms with van der Waals surface area (Å²) in [5, 5.41) is 13.8. The summed E-state index contributed by atoms with van der Waals surface area (Å²) in [7, 11) is 0. The first kappa shape index (κ1) is 16.5. The van der Waals surface area contributed by atoms with Crippen LogP contribution in [0.2, 0.25) is 5.02 Å². The molecule has 1 atom stereocenters. The number of aromatic nitrogens is 4. The molecule has 7 nitrogen and oxygen atoms in total. The maximum atomic E-state index is 14.5. The van der Waals surface area contributed by atoms with Gasteiger partial charge in [0.1, 0.15) is 11.6 Å². The van der Waals surface area contributed by atoms with Gasteiger partial charge in [-0.2, -0.15) is 14.9 Å². The molecule has 26 heavy (non-hydrogen) atoms. The molecule has 9 heteroatoms. The minimum Gasteiger partial charge on any atom is -0.310 e. The van der Waals surface area contributed by atoms with Crippen LogP contribution in [0.15, 0.2) is 35.1 Å². The van der Waals surface area contributed by atoms with Crippen LogP contribution in [0, 0.1) is 12.7 Å². The number of rotatable bonds is 2. The van der Waals surface area contributed by atoms with Crippen molar-refractivity contribution in [2.24, 2.45) is 0 Å². The van der Waals surface area contributed by atoms with E-state index in [4.69, 9.17) is 11.6 Å². The number of benzene rings is 1. The van der Waals surface area contributed by atoms with Gasteiger partial charge in [-0.3, -0.25) is 9.59 Å². The summed E-state index contributed by atoms with van der Waals surface area (Å²) in [4.78, 5) is 23.5. The van der Waals surface area contributed by atoms with E-state index in [9.17, 15) is 14.0 Å². The van der Waals surface area contributed by atoms with Gasteiger partial charge in [0.2, 0.25) is 5.91 Å². The van der Waals surface area contributed by atoms with E-state index in [0.717, 1.165) is 0 Å². The van der Waals surface area contributed by atoms with Gasteiger partial charge in [-0.05, 0) is 30.7 Å². The van der Waals surface area contributed by atoms with E-state index < -0.39 is 11.7 Å². The van der Waals surface area contributed by atoms with E-state index in [1.54, 1.807) is 19.1 Å². The zero-order valence-electron chi connectivity index (χ0n) is 13.6. The van der Waals surface area contributed by atoms with Crippen molar-refractivity contribution in [2.75, 3.05) is 5.32 Å². The Morgan fingerprint density at radius 2 is 2.08 bits per heavy atom. The molecule has 1 aromatic carbocycles. The lowest BCUT2D eigenvalue weighted by Crippen LogP contribution is -2.25. The number of carbonyl (C=O) groups excluding carboxylic acids is 1. The average Bonchev–Trinajstić information content (AvgIpc) is 2.91. The van der Waals surface area contributed by atoms with E-state index >= 15 is 0 Å². The Balaban J connectivity index is 1.89. The molecular weight excluding hydrogens is 361 g/mol. The van der Waals surface area contributed by atoms with Crippen LogP contribution in [0.3, 0.4) is 0 Å². The SMILES string of the molecule is Cc1nn(-c2ccc(=O)[nH]n2)c2c1[C@H](c1ccc(Cl)cc1F)CC(=O)N2. The molecule has 1 aliphatic heterocycles. The number of halogens is 2. The lowest BCUT2D eigenvalue weighted by atomic mass is 9.85. The molecule has 132 valence electrons. The van der Waals surface area contributed by atoms with Crippen molar-refractivity contribution in [2.45, 2.75) is 19.3 Å². The number of H-pyrrole nitrogens is 1. The number of aryl methyl sites for hydroxylation is 1. The van der Waals surface area contributed by atoms with Crippen molar-refractivity contribution < 1.29 is 9.18 Å². The van der Waals surface area contributed by atoms with Crippen molar-refractivity contribution in [3.8, 4) is 5.82 Å². The Bertz CT molecular complexity index is 1070. The average molecular weight is 374 g/mol. The second-order valence-corrected chi connectivity index (χ2v) is 6.45. The van der Waals surface area contributed by atoms with Crippen LogP contribution in [-0.4, -0.2) is 25.9 Å². The Kier molecular flexibility index (Phi) is 3.84. The van der Waals surface area contributed by atoms with Crippen molar-refractivity contribution >= 4 is 23.3 Å². The minimum absolute atomic E-state index is 0.0944. The Labute approximate surface area is 151 Å². The van der Waals surface area contributed by atoms with E-state index in [0.29, 0.717) is 28.5 Å². The predicted octanol–water partition coefficient (Wildman–Crippen LogP) is 2.53. The Morgan fingerprint density at radius 1 is 1.27 bits per heavy atom. The van der Waals surface area contributed by atoms with Crippen LogP contribution in [-0.2, 0) is 4.79 Å². The maximum Gasteiger partial charge on any atom is 0.264 e. The monoisotopic (exact) mass is 373 g/mol. The topological polar surface area (TPSA) is 92.7 Å². The second kappa shape index (κ2) is 6.06. The van der Waals surface area contributed by atoms with Gasteiger partial charge in [-0.25, -0.2) is 9.49 Å². The molecule has 1 amide bonds. The predicted molar refractivity (Wildman–Crippen MR) is 93.2 cm³/mol. The highest BCUT2D eigenvalue weighted by Gasteiger charge is 2.34. The van der Waals surface area contributed by atoms with Gasteiger partial charge >= 0.3 is 0 Å². The lowest BCUT2D eigenvalue weighted by molar-refractivity contribution is -0.116. The van der Waals surface area contributed by atoms with E-state index in [2.05, 4.69) is 20.6 Å². The third-order valence-electron chi connectivity index (χ3n) is 4.32. The van der Waals surface area contributed by atoms with E-state index in [-0.39, 0.29) is 22.9 Å². The first-order valence-electron chi connectivity index (χ1n) is 7.84. The van der Waals surface area contributed by atoms with Crippen molar-refractivity contribution in [1.29, 1.82) is 0 Å². The second-order valence-electron chi connectivity index (χ2n) is 6.01. The van der Waals surface area contributed by atoms with Crippen LogP contribution in [0.1, 0.15) is 29.2 Å². The van der Waals surface area contributed by atoms with Crippen molar-refractivity contribution in [3.05, 3.63) is 68.3 Å². The summed E-state index contributed by atoms with van der Waals surface area (Å²) in [6, 6.07) is 7.21. The molecule has 2 aromatic heterocycles. The van der Waals surface area contributed by atoms with Gasteiger partial charge < -0.3 is 5.32 Å². The number of carbonyl (C=O) groups is 1. The molecule has 2 N–H and O–H groups in total. The maximum absolute atomic E-state index is 14.5. The Hall–Kier alpha value is -3.00. The van der Waals surface area contributed by atoms with Crippen LogP contribution < -0.4 is 10.9 Å². The number of hydrogen-bond acceptors (Lipinski definition) is 4. The molecule has 0 unspecified atom stereocenters. The minimum atomic E-state index is -0.493. The highest BCUT2D eigenvalue weighted by atomic mass is 35.5. The number of aromatic amines is 1. The largest absolute Gasteiger partial charge is 0.310 e. The lowest BCUT2D eigenvalue weighted by Gasteiger charge is -2.24. The summed E-state index contributed by atoms with van der Waals surface area (Å²) in [6.07, 6.45) is 0.0944. The Morgan fingerprint density at radius 3 is 2.77 bits per heavy atom. The number of nitrogens with one attached hydrogen (secondary N) is 2. The fourth-order valence-corrected chi connectivity index (χ4v) is 3.38. The first-order valence-corrected chi connectivity index (χ1v) is 8.22. The molecule has 0 spiro atoms. The summed E-state index contributed by atoms with van der Waals surface area (Å²) in [5.41, 5.74) is 1.37. The number of hydrogen-bond donors (Lipinski definition) is 2. The van der Waals surface area contributed by atoms with Crippen LogP contribution in [0.4, 0.5) is 10.2 Å². The van der Waals surface area contributed by atoms with Gasteiger partial charge in [0.05, 0.1) is 5.69 Å². The molecule has 3 aromatic rings. The highest BCUT2D eigenvalue weighted by Crippen LogP contribution is 2.41. The van der Waals surface area contributed by atoms with E-state index in [1.807, 2.05) is 0 Å². The molecule has 3 heterocycles. The van der Waals surface area contributed by atoms with Gasteiger partial charge in [0.15, 0.2) is 5.82 Å². The molecule has 1 aliphatic rings. The molecule has 0 bridgehead atoms. The van der Waals surface area contributed by atoms with Crippen LogP contribution in [0.25, 0.3) is 5.82 Å². The molecule has 4 rings (SSSR count). The van der Waals surface area contributed by atoms with Gasteiger partial charge in [0.25, 0.3) is 5.56 Å². The number of amides is 1. The fraction of sp³-hybridized carbons (Fsp3) is 0.176. The van der Waals surface area contributed by atoms with Crippen molar-refractivity contribution in [1.82, 2.24) is 20.0 Å². The molecule has 0 radical (unpaired) electrons. The number of fused-ring (bicyclic) bond motifs is 1. The molecular formula is C17H13ClFN5O2. The summed E-state index contributed by atoms with van der Waals surface area (Å²) < 4.78 is 15.9. The molecule has 0 aliphatic carbocycles. The number of nitrogens with zero attached hydrogens (tertiary/aromatic N) is 3. The van der Waals surface area contributed by atoms with Gasteiger partial charge in [-0.15, -0.1) is 0 Å². The van der Waals surface area contributed by atoms with Crippen LogP contribution in [0.5, 0.6) is 0 Å². The zero-order valence-corrected chi connectivity index (χ0v) is 14.3. The third kappa shape index (κ3) is 2.68. The van der Waals surface area contributed by atoms with Gasteiger partial charge in [0, 0.05) is 29.0 Å². The van der Waals surface area contributed by atoms with Crippen LogP contribution >= 0.6 is 11.6 Å². The molecule has 0 fully saturated rings. The van der Waals surface area contributed by atoms with Crippen molar-refractivity contribution in [3.63, 3.8) is 0 Å². The third-order valence-corrected chi connectivity index (χ3v) is 4.56. The van der Waals surface area contributed by atoms with E-state index in [1.165, 1.54) is 22.9 Å². The van der Waals surface area contributed by atoms with Gasteiger partial charge in [-0.1, -0.05) is 17.7 Å². The summed E-state index contributed by atoms with van der Waals surface area (Å²) >= 11 is 5.84. The summed E-state index contributed by atoms with van der Waals surface area (Å²) in [5.74, 6) is -0.475. The zero-order chi connectivity index (χ0) is 18.4. The smallest absolute Gasteiger partial charge is 0.264 e. The normalized spacial score (nSPS) is 16.3. The first-order chi connectivity index (χ1) is 12.4. The summed E-state index contributed by atoms with van der Waals surface area (Å²) in [6.45, 7) is 1.78.